The van der Waals surface area contributed by atoms with Gasteiger partial charge in [0.1, 0.15) is 5.75 Å². The standard InChI is InChI=1S/C41H37N5O7/c1-50-31-9-7-24(8-10-31)26-14-29-20-44-35-19-39(38(51-2)17-33(35)41(49)45(29)22-26)53-12-4-11-52-37-18-34-32(16-36(37)47)40(48)46-23-27(15-30(46)21-43-34)25-5-3-6-28(42)13-25/h3,5-10,13,16-23,29-30,47H,4,11-12,14-15,42H2,1-2H3/t29-,30-/m0/s1. The third-order valence-electron chi connectivity index (χ3n) is 9.75. The first kappa shape index (κ1) is 33.6. The third kappa shape index (κ3) is 6.43. The van der Waals surface area contributed by atoms with E-state index >= 15 is 0 Å². The molecule has 268 valence electrons. The Morgan fingerprint density at radius 2 is 1.32 bits per heavy atom. The fourth-order valence-electron chi connectivity index (χ4n) is 6.96. The van der Waals surface area contributed by atoms with Gasteiger partial charge in [-0.15, -0.1) is 0 Å². The number of anilines is 1. The number of amides is 2. The summed E-state index contributed by atoms with van der Waals surface area (Å²) in [5.74, 6) is 1.25. The van der Waals surface area contributed by atoms with Crippen molar-refractivity contribution >= 4 is 52.5 Å². The summed E-state index contributed by atoms with van der Waals surface area (Å²) in [6, 6.07) is 21.2. The number of fused-ring (bicyclic) bond motifs is 4. The molecule has 0 saturated carbocycles. The number of nitrogens with two attached hydrogens (primary N) is 1. The molecule has 0 spiro atoms. The topological polar surface area (TPSA) is 149 Å². The van der Waals surface area contributed by atoms with E-state index in [0.29, 0.717) is 53.4 Å². The van der Waals surface area contributed by atoms with Crippen molar-refractivity contribution < 1.29 is 33.6 Å². The van der Waals surface area contributed by atoms with E-state index in [2.05, 4.69) is 9.98 Å². The molecule has 0 aromatic heterocycles. The molecule has 4 aromatic rings. The summed E-state index contributed by atoms with van der Waals surface area (Å²) in [6.45, 7) is 0.477. The van der Waals surface area contributed by atoms with Gasteiger partial charge in [-0.05, 0) is 58.7 Å². The molecule has 12 heteroatoms. The highest BCUT2D eigenvalue weighted by Crippen LogP contribution is 2.41. The molecule has 3 N–H and O–H groups in total. The van der Waals surface area contributed by atoms with Gasteiger partial charge in [-0.1, -0.05) is 24.3 Å². The highest BCUT2D eigenvalue weighted by atomic mass is 16.5. The first-order valence-corrected chi connectivity index (χ1v) is 17.3. The predicted molar refractivity (Wildman–Crippen MR) is 202 cm³/mol. The number of nitrogen functional groups attached to an aromatic ring is 1. The van der Waals surface area contributed by atoms with Gasteiger partial charge >= 0.3 is 0 Å². The fraction of sp³-hybridized carbons (Fsp3) is 0.220. The minimum Gasteiger partial charge on any atom is -0.504 e. The van der Waals surface area contributed by atoms with E-state index < -0.39 is 0 Å². The van der Waals surface area contributed by atoms with Crippen molar-refractivity contribution in [2.45, 2.75) is 31.3 Å². The maximum atomic E-state index is 13.7. The molecule has 0 aliphatic carbocycles. The molecule has 8 rings (SSSR count). The summed E-state index contributed by atoms with van der Waals surface area (Å²) in [6.07, 6.45) is 8.96. The van der Waals surface area contributed by atoms with Crippen LogP contribution in [0.15, 0.2) is 95.2 Å². The summed E-state index contributed by atoms with van der Waals surface area (Å²) >= 11 is 0. The van der Waals surface area contributed by atoms with Gasteiger partial charge < -0.3 is 39.6 Å². The SMILES string of the molecule is COc1ccc(C2=CN3C(=O)c4cc(OC)c(OCCCOc5cc6c(cc5O)C(=O)N5C=C(c7cccc(N)c7)C[C@H]5C=N6)cc4N=C[C@@H]3C2)cc1. The number of benzene rings is 4. The van der Waals surface area contributed by atoms with E-state index in [4.69, 9.17) is 24.7 Å². The van der Waals surface area contributed by atoms with Gasteiger partial charge in [-0.2, -0.15) is 0 Å². The second kappa shape index (κ2) is 13.9. The van der Waals surface area contributed by atoms with Crippen molar-refractivity contribution in [3.05, 3.63) is 107 Å². The molecule has 12 nitrogen and oxygen atoms in total. The Labute approximate surface area is 306 Å². The Bertz CT molecular complexity index is 2240. The largest absolute Gasteiger partial charge is 0.504 e. The van der Waals surface area contributed by atoms with Crippen LogP contribution in [0, 0.1) is 0 Å². The number of carbonyl (C=O) groups is 2. The Hall–Kier alpha value is -6.56. The summed E-state index contributed by atoms with van der Waals surface area (Å²) in [7, 11) is 3.15. The number of rotatable bonds is 10. The minimum absolute atomic E-state index is 0.160. The molecule has 2 amide bonds. The second-order valence-corrected chi connectivity index (χ2v) is 13.1. The first-order valence-electron chi connectivity index (χ1n) is 17.3. The molecular weight excluding hydrogens is 674 g/mol. The summed E-state index contributed by atoms with van der Waals surface area (Å²) in [5.41, 5.74) is 12.2. The average Bonchev–Trinajstić information content (AvgIpc) is 3.75. The Balaban J connectivity index is 0.899. The number of aliphatic imine (C=N–C) groups is 2. The first-order chi connectivity index (χ1) is 25.8. The van der Waals surface area contributed by atoms with Gasteiger partial charge in [-0.3, -0.25) is 19.6 Å². The van der Waals surface area contributed by atoms with E-state index in [-0.39, 0.29) is 54.2 Å². The number of carbonyl (C=O) groups excluding carboxylic acids is 2. The Morgan fingerprint density at radius 3 is 1.94 bits per heavy atom. The number of hydrogen-bond acceptors (Lipinski definition) is 10. The molecule has 0 bridgehead atoms. The highest BCUT2D eigenvalue weighted by molar-refractivity contribution is 6.06. The number of ether oxygens (including phenoxy) is 4. The minimum atomic E-state index is -0.257. The summed E-state index contributed by atoms with van der Waals surface area (Å²) in [5, 5.41) is 10.8. The molecule has 0 saturated heterocycles. The van der Waals surface area contributed by atoms with Crippen LogP contribution < -0.4 is 24.7 Å². The van der Waals surface area contributed by atoms with Crippen LogP contribution in [0.25, 0.3) is 11.1 Å². The van der Waals surface area contributed by atoms with Gasteiger partial charge in [-0.25, -0.2) is 0 Å². The monoisotopic (exact) mass is 711 g/mol. The normalized spacial score (nSPS) is 18.3. The molecule has 0 unspecified atom stereocenters. The fourth-order valence-corrected chi connectivity index (χ4v) is 6.96. The van der Waals surface area contributed by atoms with Crippen LogP contribution in [0.3, 0.4) is 0 Å². The van der Waals surface area contributed by atoms with Crippen molar-refractivity contribution in [3.63, 3.8) is 0 Å². The van der Waals surface area contributed by atoms with Crippen molar-refractivity contribution in [2.75, 3.05) is 33.2 Å². The predicted octanol–water partition coefficient (Wildman–Crippen LogP) is 6.78. The van der Waals surface area contributed by atoms with Crippen LogP contribution in [0.4, 0.5) is 17.1 Å². The van der Waals surface area contributed by atoms with Gasteiger partial charge in [0.2, 0.25) is 0 Å². The quantitative estimate of drug-likeness (QED) is 0.135. The molecule has 0 fully saturated rings. The zero-order valence-corrected chi connectivity index (χ0v) is 29.2. The van der Waals surface area contributed by atoms with E-state index in [1.165, 1.54) is 13.2 Å². The van der Waals surface area contributed by atoms with Crippen molar-refractivity contribution in [3.8, 4) is 28.7 Å². The maximum absolute atomic E-state index is 13.7. The lowest BCUT2D eigenvalue weighted by Gasteiger charge is -2.19. The van der Waals surface area contributed by atoms with E-state index in [0.717, 1.165) is 28.0 Å². The van der Waals surface area contributed by atoms with E-state index in [1.807, 2.05) is 60.9 Å². The summed E-state index contributed by atoms with van der Waals surface area (Å²) < 4.78 is 22.8. The van der Waals surface area contributed by atoms with Gasteiger partial charge in [0, 0.05) is 61.9 Å². The molecule has 4 aliphatic rings. The number of hydrogen-bond donors (Lipinski definition) is 2. The molecule has 4 aliphatic heterocycles. The van der Waals surface area contributed by atoms with Gasteiger partial charge in [0.05, 0.1) is 62.0 Å². The lowest BCUT2D eigenvalue weighted by Crippen LogP contribution is -2.32. The second-order valence-electron chi connectivity index (χ2n) is 13.1. The van der Waals surface area contributed by atoms with Crippen LogP contribution >= 0.6 is 0 Å². The van der Waals surface area contributed by atoms with Crippen LogP contribution in [-0.2, 0) is 0 Å². The van der Waals surface area contributed by atoms with Gasteiger partial charge in [0.25, 0.3) is 11.8 Å². The van der Waals surface area contributed by atoms with Crippen LogP contribution in [0.5, 0.6) is 28.7 Å². The lowest BCUT2D eigenvalue weighted by molar-refractivity contribution is 0.0809. The smallest absolute Gasteiger partial charge is 0.260 e. The number of phenolic OH excluding ortho intramolecular Hbond substituents is 1. The molecule has 4 heterocycles. The number of phenols is 1. The van der Waals surface area contributed by atoms with Crippen molar-refractivity contribution in [1.82, 2.24) is 9.80 Å². The van der Waals surface area contributed by atoms with Gasteiger partial charge in [0.15, 0.2) is 23.0 Å². The third-order valence-corrected chi connectivity index (χ3v) is 9.75. The number of aromatic hydroxyl groups is 1. The zero-order chi connectivity index (χ0) is 36.6. The maximum Gasteiger partial charge on any atom is 0.260 e. The van der Waals surface area contributed by atoms with Crippen molar-refractivity contribution in [1.29, 1.82) is 0 Å². The molecule has 4 aromatic carbocycles. The van der Waals surface area contributed by atoms with Crippen LogP contribution in [0.2, 0.25) is 0 Å². The zero-order valence-electron chi connectivity index (χ0n) is 29.2. The number of methoxy groups -OCH3 is 2. The number of nitrogens with zero attached hydrogens (tertiary/aromatic N) is 4. The molecule has 0 radical (unpaired) electrons. The lowest BCUT2D eigenvalue weighted by atomic mass is 10.0. The van der Waals surface area contributed by atoms with Crippen LogP contribution in [0.1, 0.15) is 51.1 Å². The molecular formula is C41H37N5O7. The highest BCUT2D eigenvalue weighted by Gasteiger charge is 2.35. The Kier molecular flexibility index (Phi) is 8.79. The average molecular weight is 712 g/mol. The molecule has 2 atom stereocenters. The summed E-state index contributed by atoms with van der Waals surface area (Å²) in [4.78, 5) is 39.9. The van der Waals surface area contributed by atoms with Crippen molar-refractivity contribution in [2.24, 2.45) is 9.98 Å². The molecule has 53 heavy (non-hydrogen) atoms. The Morgan fingerprint density at radius 1 is 0.717 bits per heavy atom. The van der Waals surface area contributed by atoms with Crippen LogP contribution in [-0.4, -0.2) is 78.7 Å². The van der Waals surface area contributed by atoms with E-state index in [1.54, 1.807) is 47.5 Å². The van der Waals surface area contributed by atoms with E-state index in [9.17, 15) is 14.7 Å².